The topological polar surface area (TPSA) is 58.6 Å². The van der Waals surface area contributed by atoms with Crippen molar-refractivity contribution in [3.05, 3.63) is 35.9 Å². The van der Waals surface area contributed by atoms with E-state index in [1.807, 2.05) is 37.3 Å². The monoisotopic (exact) mass is 251 g/mol. The lowest BCUT2D eigenvalue weighted by molar-refractivity contribution is -0.143. The second-order valence-electron chi connectivity index (χ2n) is 4.41. The van der Waals surface area contributed by atoms with Crippen molar-refractivity contribution in [2.75, 3.05) is 13.7 Å². The molecule has 2 atom stereocenters. The maximum Gasteiger partial charge on any atom is 0.252 e. The molecule has 0 aliphatic carbocycles. The first-order valence-corrected chi connectivity index (χ1v) is 6.09. The van der Waals surface area contributed by atoms with Gasteiger partial charge in [0.25, 0.3) is 5.91 Å². The molecule has 18 heavy (non-hydrogen) atoms. The van der Waals surface area contributed by atoms with E-state index >= 15 is 0 Å². The number of benzene rings is 1. The van der Waals surface area contributed by atoms with Crippen LogP contribution in [0.1, 0.15) is 31.9 Å². The number of methoxy groups -OCH3 is 1. The summed E-state index contributed by atoms with van der Waals surface area (Å²) in [7, 11) is 1.51. The minimum atomic E-state index is -0.859. The Bertz CT molecular complexity index is 374. The number of carbonyl (C=O) groups excluding carboxylic acids is 1. The smallest absolute Gasteiger partial charge is 0.252 e. The average Bonchev–Trinajstić information content (AvgIpc) is 2.44. The van der Waals surface area contributed by atoms with Crippen LogP contribution in [0.15, 0.2) is 30.3 Å². The summed E-state index contributed by atoms with van der Waals surface area (Å²) in [5.41, 5.74) is 0.0188. The van der Waals surface area contributed by atoms with E-state index in [1.165, 1.54) is 7.11 Å². The van der Waals surface area contributed by atoms with Crippen LogP contribution in [0.3, 0.4) is 0 Å². The summed E-state index contributed by atoms with van der Waals surface area (Å²) >= 11 is 0. The molecule has 0 aromatic heterocycles. The van der Waals surface area contributed by atoms with E-state index in [4.69, 9.17) is 4.74 Å². The number of amides is 1. The second kappa shape index (κ2) is 6.52. The maximum atomic E-state index is 12.1. The Morgan fingerprint density at radius 3 is 2.50 bits per heavy atom. The Labute approximate surface area is 108 Å². The van der Waals surface area contributed by atoms with Crippen LogP contribution in [0.25, 0.3) is 0 Å². The van der Waals surface area contributed by atoms with Crippen molar-refractivity contribution in [2.45, 2.75) is 31.9 Å². The summed E-state index contributed by atoms with van der Waals surface area (Å²) in [5.74, 6) is -0.213. The van der Waals surface area contributed by atoms with Crippen molar-refractivity contribution in [3.63, 3.8) is 0 Å². The quantitative estimate of drug-likeness (QED) is 0.808. The molecule has 0 bridgehead atoms. The number of aliphatic hydroxyl groups excluding tert-OH is 1. The molecule has 2 N–H and O–H groups in total. The molecule has 0 aliphatic rings. The van der Waals surface area contributed by atoms with Gasteiger partial charge >= 0.3 is 0 Å². The highest BCUT2D eigenvalue weighted by Gasteiger charge is 2.32. The van der Waals surface area contributed by atoms with Crippen LogP contribution in [0, 0.1) is 0 Å². The van der Waals surface area contributed by atoms with Crippen LogP contribution in [-0.4, -0.2) is 30.3 Å². The first-order chi connectivity index (χ1) is 8.57. The maximum absolute atomic E-state index is 12.1. The lowest BCUT2D eigenvalue weighted by Gasteiger charge is -2.28. The predicted molar refractivity (Wildman–Crippen MR) is 70.1 cm³/mol. The highest BCUT2D eigenvalue weighted by Crippen LogP contribution is 2.18. The standard InChI is InChI=1S/C14H21NO3/c1-4-14(2,18-3)13(17)15-12(10-16)11-8-6-5-7-9-11/h5-9,12,16H,4,10H2,1-3H3,(H,15,17). The van der Waals surface area contributed by atoms with Gasteiger partial charge in [-0.2, -0.15) is 0 Å². The van der Waals surface area contributed by atoms with Crippen molar-refractivity contribution in [2.24, 2.45) is 0 Å². The molecule has 4 nitrogen and oxygen atoms in total. The molecule has 0 saturated heterocycles. The summed E-state index contributed by atoms with van der Waals surface area (Å²) in [6.45, 7) is 3.49. The number of aliphatic hydroxyl groups is 1. The van der Waals surface area contributed by atoms with Crippen LogP contribution in [-0.2, 0) is 9.53 Å². The minimum absolute atomic E-state index is 0.140. The SMILES string of the molecule is CCC(C)(OC)C(=O)NC(CO)c1ccccc1. The average molecular weight is 251 g/mol. The van der Waals surface area contributed by atoms with Gasteiger partial charge in [-0.15, -0.1) is 0 Å². The molecule has 1 rings (SSSR count). The number of ether oxygens (including phenoxy) is 1. The Morgan fingerprint density at radius 2 is 2.06 bits per heavy atom. The Morgan fingerprint density at radius 1 is 1.44 bits per heavy atom. The van der Waals surface area contributed by atoms with E-state index < -0.39 is 11.6 Å². The Balaban J connectivity index is 2.79. The third-order valence-electron chi connectivity index (χ3n) is 3.30. The summed E-state index contributed by atoms with van der Waals surface area (Å²) in [5, 5.41) is 12.2. The van der Waals surface area contributed by atoms with Crippen LogP contribution in [0.2, 0.25) is 0 Å². The van der Waals surface area contributed by atoms with Gasteiger partial charge in [0.1, 0.15) is 5.60 Å². The van der Waals surface area contributed by atoms with Crippen molar-refractivity contribution in [1.82, 2.24) is 5.32 Å². The molecule has 0 aliphatic heterocycles. The molecule has 2 unspecified atom stereocenters. The van der Waals surface area contributed by atoms with Gasteiger partial charge in [0.15, 0.2) is 0 Å². The zero-order chi connectivity index (χ0) is 13.6. The molecular weight excluding hydrogens is 230 g/mol. The fourth-order valence-corrected chi connectivity index (χ4v) is 1.63. The zero-order valence-electron chi connectivity index (χ0n) is 11.1. The summed E-state index contributed by atoms with van der Waals surface area (Å²) in [6.07, 6.45) is 0.572. The van der Waals surface area contributed by atoms with Crippen LogP contribution >= 0.6 is 0 Å². The number of nitrogens with one attached hydrogen (secondary N) is 1. The van der Waals surface area contributed by atoms with E-state index in [9.17, 15) is 9.90 Å². The third kappa shape index (κ3) is 3.31. The first-order valence-electron chi connectivity index (χ1n) is 6.09. The van der Waals surface area contributed by atoms with Crippen molar-refractivity contribution in [1.29, 1.82) is 0 Å². The molecule has 4 heteroatoms. The lowest BCUT2D eigenvalue weighted by atomic mass is 10.0. The lowest BCUT2D eigenvalue weighted by Crippen LogP contribution is -2.47. The molecule has 0 radical (unpaired) electrons. The molecule has 0 fully saturated rings. The van der Waals surface area contributed by atoms with Gasteiger partial charge in [0.2, 0.25) is 0 Å². The third-order valence-corrected chi connectivity index (χ3v) is 3.30. The van der Waals surface area contributed by atoms with Gasteiger partial charge in [0.05, 0.1) is 12.6 Å². The molecular formula is C14H21NO3. The largest absolute Gasteiger partial charge is 0.394 e. The molecule has 0 spiro atoms. The predicted octanol–water partition coefficient (Wildman–Crippen LogP) is 1.65. The normalized spacial score (nSPS) is 15.8. The fourth-order valence-electron chi connectivity index (χ4n) is 1.63. The molecule has 100 valence electrons. The molecule has 1 amide bonds. The van der Waals surface area contributed by atoms with Crippen molar-refractivity contribution >= 4 is 5.91 Å². The van der Waals surface area contributed by atoms with Gasteiger partial charge in [-0.3, -0.25) is 4.79 Å². The highest BCUT2D eigenvalue weighted by molar-refractivity contribution is 5.85. The van der Waals surface area contributed by atoms with E-state index in [0.717, 1.165) is 5.56 Å². The van der Waals surface area contributed by atoms with Gasteiger partial charge < -0.3 is 15.2 Å². The number of carbonyl (C=O) groups is 1. The van der Waals surface area contributed by atoms with Crippen LogP contribution in [0.4, 0.5) is 0 Å². The van der Waals surface area contributed by atoms with Gasteiger partial charge in [-0.25, -0.2) is 0 Å². The van der Waals surface area contributed by atoms with E-state index in [1.54, 1.807) is 6.92 Å². The molecule has 0 heterocycles. The summed E-state index contributed by atoms with van der Waals surface area (Å²) in [6, 6.07) is 8.98. The second-order valence-corrected chi connectivity index (χ2v) is 4.41. The number of hydrogen-bond donors (Lipinski definition) is 2. The fraction of sp³-hybridized carbons (Fsp3) is 0.500. The van der Waals surface area contributed by atoms with Gasteiger partial charge in [-0.1, -0.05) is 37.3 Å². The van der Waals surface area contributed by atoms with E-state index in [-0.39, 0.29) is 12.5 Å². The van der Waals surface area contributed by atoms with Gasteiger partial charge in [0, 0.05) is 7.11 Å². The highest BCUT2D eigenvalue weighted by atomic mass is 16.5. The first kappa shape index (κ1) is 14.7. The minimum Gasteiger partial charge on any atom is -0.394 e. The van der Waals surface area contributed by atoms with Crippen LogP contribution < -0.4 is 5.32 Å². The van der Waals surface area contributed by atoms with E-state index in [2.05, 4.69) is 5.32 Å². The Kier molecular flexibility index (Phi) is 5.31. The molecule has 1 aromatic rings. The molecule has 1 aromatic carbocycles. The van der Waals surface area contributed by atoms with Gasteiger partial charge in [-0.05, 0) is 18.9 Å². The van der Waals surface area contributed by atoms with E-state index in [0.29, 0.717) is 6.42 Å². The van der Waals surface area contributed by atoms with Crippen LogP contribution in [0.5, 0.6) is 0 Å². The van der Waals surface area contributed by atoms with Crippen molar-refractivity contribution < 1.29 is 14.6 Å². The summed E-state index contributed by atoms with van der Waals surface area (Å²) < 4.78 is 5.24. The zero-order valence-corrected chi connectivity index (χ0v) is 11.1. The molecule has 0 saturated carbocycles. The number of hydrogen-bond acceptors (Lipinski definition) is 3. The number of rotatable bonds is 6. The Hall–Kier alpha value is -1.39. The summed E-state index contributed by atoms with van der Waals surface area (Å²) in [4.78, 5) is 12.1. The van der Waals surface area contributed by atoms with Crippen molar-refractivity contribution in [3.8, 4) is 0 Å².